The van der Waals surface area contributed by atoms with Crippen LogP contribution in [0.2, 0.25) is 0 Å². The van der Waals surface area contributed by atoms with E-state index in [4.69, 9.17) is 14.2 Å². The Morgan fingerprint density at radius 3 is 2.29 bits per heavy atom. The van der Waals surface area contributed by atoms with Gasteiger partial charge in [-0.3, -0.25) is 10.1 Å². The molecular weight excluding hydrogens is 456 g/mol. The van der Waals surface area contributed by atoms with Gasteiger partial charge >= 0.3 is 18.0 Å². The van der Waals surface area contributed by atoms with Crippen molar-refractivity contribution in [3.8, 4) is 11.1 Å². The summed E-state index contributed by atoms with van der Waals surface area (Å²) in [5.41, 5.74) is 4.18. The lowest BCUT2D eigenvalue weighted by Crippen LogP contribution is -2.57. The van der Waals surface area contributed by atoms with Crippen LogP contribution in [0.25, 0.3) is 11.1 Å². The highest BCUT2D eigenvalue weighted by Gasteiger charge is 2.38. The minimum atomic E-state index is -1.67. The van der Waals surface area contributed by atoms with Crippen molar-refractivity contribution in [2.24, 2.45) is 0 Å². The van der Waals surface area contributed by atoms with Crippen LogP contribution in [0.1, 0.15) is 24.0 Å². The molecule has 2 aromatic rings. The molecular formula is C25H26N2O8. The number of fused-ring (bicyclic) bond motifs is 3. The molecule has 0 bridgehead atoms. The van der Waals surface area contributed by atoms with E-state index in [1.165, 1.54) is 0 Å². The first kappa shape index (κ1) is 24.2. The summed E-state index contributed by atoms with van der Waals surface area (Å²) < 4.78 is 15.5. The van der Waals surface area contributed by atoms with E-state index in [-0.39, 0.29) is 38.8 Å². The summed E-state index contributed by atoms with van der Waals surface area (Å²) >= 11 is 0. The van der Waals surface area contributed by atoms with Crippen molar-refractivity contribution in [3.05, 3.63) is 59.7 Å². The number of morpholine rings is 1. The van der Waals surface area contributed by atoms with Gasteiger partial charge in [-0.05, 0) is 29.2 Å². The Balaban J connectivity index is 1.45. The van der Waals surface area contributed by atoms with E-state index in [0.717, 1.165) is 27.2 Å². The average molecular weight is 482 g/mol. The second-order valence-corrected chi connectivity index (χ2v) is 8.14. The maximum atomic E-state index is 13.0. The molecule has 184 valence electrons. The van der Waals surface area contributed by atoms with Crippen molar-refractivity contribution in [2.75, 3.05) is 32.9 Å². The van der Waals surface area contributed by atoms with Gasteiger partial charge in [-0.1, -0.05) is 48.5 Å². The number of carbonyl (C=O) groups is 4. The maximum Gasteiger partial charge on any atom is 0.408 e. The maximum absolute atomic E-state index is 13.0. The molecule has 1 heterocycles. The molecule has 10 heteroatoms. The van der Waals surface area contributed by atoms with E-state index in [2.05, 4.69) is 5.32 Å². The second kappa shape index (κ2) is 10.6. The number of hydrogen-bond donors (Lipinski definition) is 2. The lowest BCUT2D eigenvalue weighted by atomic mass is 9.98. The number of rotatable bonds is 7. The minimum Gasteiger partial charge on any atom is -0.479 e. The highest BCUT2D eigenvalue weighted by molar-refractivity contribution is 6.04. The molecule has 10 nitrogen and oxygen atoms in total. The molecule has 1 aliphatic carbocycles. The van der Waals surface area contributed by atoms with Crippen molar-refractivity contribution in [1.82, 2.24) is 10.2 Å². The number of alkyl carbamates (subject to hydrolysis) is 1. The number of aliphatic carboxylic acids is 1. The van der Waals surface area contributed by atoms with Gasteiger partial charge in [-0.2, -0.15) is 0 Å². The Bertz CT molecular complexity index is 1090. The molecule has 2 atom stereocenters. The zero-order valence-electron chi connectivity index (χ0n) is 19.1. The number of amides is 2. The molecule has 0 radical (unpaired) electrons. The first-order valence-corrected chi connectivity index (χ1v) is 11.3. The normalized spacial score (nSPS) is 17.6. The second-order valence-electron chi connectivity index (χ2n) is 8.14. The molecule has 2 unspecified atom stereocenters. The van der Waals surface area contributed by atoms with Gasteiger partial charge in [0.25, 0.3) is 5.91 Å². The molecule has 0 spiro atoms. The molecule has 2 N–H and O–H groups in total. The highest BCUT2D eigenvalue weighted by Crippen LogP contribution is 2.44. The molecule has 1 aliphatic heterocycles. The van der Waals surface area contributed by atoms with E-state index in [0.29, 0.717) is 0 Å². The third kappa shape index (κ3) is 5.12. The summed E-state index contributed by atoms with van der Waals surface area (Å²) in [5.74, 6) is -3.16. The van der Waals surface area contributed by atoms with Crippen LogP contribution in [0, 0.1) is 0 Å². The lowest BCUT2D eigenvalue weighted by molar-refractivity contribution is -0.162. The van der Waals surface area contributed by atoms with Gasteiger partial charge in [0.15, 0.2) is 6.10 Å². The lowest BCUT2D eigenvalue weighted by Gasteiger charge is -2.32. The van der Waals surface area contributed by atoms with Crippen LogP contribution >= 0.6 is 0 Å². The number of hydrogen-bond acceptors (Lipinski definition) is 7. The van der Waals surface area contributed by atoms with Crippen molar-refractivity contribution in [2.45, 2.75) is 25.0 Å². The number of carbonyl (C=O) groups excluding carboxylic acids is 3. The Kier molecular flexibility index (Phi) is 7.31. The van der Waals surface area contributed by atoms with Crippen molar-refractivity contribution < 1.29 is 38.5 Å². The van der Waals surface area contributed by atoms with Crippen molar-refractivity contribution in [3.63, 3.8) is 0 Å². The summed E-state index contributed by atoms with van der Waals surface area (Å²) in [6, 6.07) is 14.0. The summed E-state index contributed by atoms with van der Waals surface area (Å²) in [7, 11) is 0. The number of nitrogens with one attached hydrogen (secondary N) is 1. The number of esters is 1. The van der Waals surface area contributed by atoms with Gasteiger partial charge in [0.1, 0.15) is 6.61 Å². The fourth-order valence-corrected chi connectivity index (χ4v) is 4.39. The van der Waals surface area contributed by atoms with Crippen LogP contribution in [-0.4, -0.2) is 79.0 Å². The van der Waals surface area contributed by atoms with Gasteiger partial charge in [0, 0.05) is 12.5 Å². The van der Waals surface area contributed by atoms with E-state index in [1.807, 2.05) is 48.5 Å². The van der Waals surface area contributed by atoms with Crippen LogP contribution in [0.3, 0.4) is 0 Å². The summed E-state index contributed by atoms with van der Waals surface area (Å²) in [6.07, 6.45) is -2.17. The van der Waals surface area contributed by atoms with E-state index in [1.54, 1.807) is 6.92 Å². The highest BCUT2D eigenvalue weighted by atomic mass is 16.6. The first-order chi connectivity index (χ1) is 16.9. The van der Waals surface area contributed by atoms with Crippen molar-refractivity contribution in [1.29, 1.82) is 0 Å². The molecule has 2 aliphatic rings. The third-order valence-corrected chi connectivity index (χ3v) is 6.03. The summed E-state index contributed by atoms with van der Waals surface area (Å²) in [5, 5.41) is 11.5. The van der Waals surface area contributed by atoms with Crippen LogP contribution in [0.5, 0.6) is 0 Å². The minimum absolute atomic E-state index is 0.00222. The predicted molar refractivity (Wildman–Crippen MR) is 123 cm³/mol. The summed E-state index contributed by atoms with van der Waals surface area (Å²) in [4.78, 5) is 50.6. The van der Waals surface area contributed by atoms with Gasteiger partial charge < -0.3 is 24.2 Å². The number of nitrogens with zero attached hydrogens (tertiary/aromatic N) is 1. The molecule has 1 saturated heterocycles. The van der Waals surface area contributed by atoms with E-state index >= 15 is 0 Å². The number of ether oxygens (including phenoxy) is 3. The quantitative estimate of drug-likeness (QED) is 0.451. The van der Waals surface area contributed by atoms with Crippen LogP contribution in [-0.2, 0) is 28.6 Å². The molecule has 0 aromatic heterocycles. The van der Waals surface area contributed by atoms with Gasteiger partial charge in [0.05, 0.1) is 19.8 Å². The Hall–Kier alpha value is -3.92. The standard InChI is InChI=1S/C25H26N2O8/c1-2-33-24(31)21(22(28)27-11-12-34-20(13-27)23(29)30)26-25(32)35-14-19-17-9-5-3-7-15(17)16-8-4-6-10-18(16)19/h3-10,19-21H,2,11-14H2,1H3,(H,26,32)(H,29,30). The third-order valence-electron chi connectivity index (χ3n) is 6.03. The number of carboxylic acids is 1. The fraction of sp³-hybridized carbons (Fsp3) is 0.360. The van der Waals surface area contributed by atoms with Crippen molar-refractivity contribution >= 4 is 23.9 Å². The van der Waals surface area contributed by atoms with E-state index in [9.17, 15) is 24.3 Å². The smallest absolute Gasteiger partial charge is 0.408 e. The zero-order chi connectivity index (χ0) is 24.9. The topological polar surface area (TPSA) is 131 Å². The monoisotopic (exact) mass is 482 g/mol. The molecule has 1 fully saturated rings. The molecule has 2 aromatic carbocycles. The van der Waals surface area contributed by atoms with Gasteiger partial charge in [0.2, 0.25) is 6.04 Å². The Morgan fingerprint density at radius 2 is 1.69 bits per heavy atom. The molecule has 2 amide bonds. The van der Waals surface area contributed by atoms with Gasteiger partial charge in [-0.15, -0.1) is 0 Å². The SMILES string of the molecule is CCOC(=O)C(NC(=O)OCC1c2ccccc2-c2ccccc21)C(=O)N1CCOC(C(=O)O)C1. The molecule has 35 heavy (non-hydrogen) atoms. The largest absolute Gasteiger partial charge is 0.479 e. The first-order valence-electron chi connectivity index (χ1n) is 11.3. The number of carboxylic acid groups (broad SMARTS) is 1. The van der Waals surface area contributed by atoms with Gasteiger partial charge in [-0.25, -0.2) is 14.4 Å². The Labute approximate surface area is 201 Å². The van der Waals surface area contributed by atoms with Crippen LogP contribution in [0.15, 0.2) is 48.5 Å². The van der Waals surface area contributed by atoms with E-state index < -0.39 is 36.1 Å². The van der Waals surface area contributed by atoms with Crippen LogP contribution < -0.4 is 5.32 Å². The molecule has 4 rings (SSSR count). The molecule has 0 saturated carbocycles. The Morgan fingerprint density at radius 1 is 1.06 bits per heavy atom. The zero-order valence-corrected chi connectivity index (χ0v) is 19.1. The summed E-state index contributed by atoms with van der Waals surface area (Å²) in [6.45, 7) is 1.38. The predicted octanol–water partition coefficient (Wildman–Crippen LogP) is 1.77. The number of benzene rings is 2. The fourth-order valence-electron chi connectivity index (χ4n) is 4.39. The average Bonchev–Trinajstić information content (AvgIpc) is 3.19. The van der Waals surface area contributed by atoms with Crippen LogP contribution in [0.4, 0.5) is 4.79 Å².